The summed E-state index contributed by atoms with van der Waals surface area (Å²) >= 11 is 0. The van der Waals surface area contributed by atoms with Crippen LogP contribution in [0.15, 0.2) is 36.5 Å². The van der Waals surface area contributed by atoms with E-state index < -0.39 is 0 Å². The molecule has 1 amide bonds. The second-order valence-electron chi connectivity index (χ2n) is 11.9. The highest BCUT2D eigenvalue weighted by Crippen LogP contribution is 2.29. The first-order valence-electron chi connectivity index (χ1n) is 13.6. The molecule has 1 aromatic rings. The van der Waals surface area contributed by atoms with Crippen LogP contribution in [0.25, 0.3) is 0 Å². The first kappa shape index (κ1) is 25.1. The molecule has 5 nitrogen and oxygen atoms in total. The van der Waals surface area contributed by atoms with Crippen LogP contribution in [0.1, 0.15) is 69.7 Å². The van der Waals surface area contributed by atoms with Gasteiger partial charge in [-0.25, -0.2) is 0 Å². The van der Waals surface area contributed by atoms with E-state index in [4.69, 9.17) is 0 Å². The smallest absolute Gasteiger partial charge is 0.253 e. The van der Waals surface area contributed by atoms with Gasteiger partial charge in [-0.1, -0.05) is 27.4 Å². The van der Waals surface area contributed by atoms with Gasteiger partial charge in [-0.2, -0.15) is 0 Å². The lowest BCUT2D eigenvalue weighted by Gasteiger charge is -2.39. The molecule has 3 aliphatic heterocycles. The molecule has 3 heterocycles. The molecule has 0 radical (unpaired) electrons. The molecule has 0 aromatic heterocycles. The van der Waals surface area contributed by atoms with E-state index in [1.165, 1.54) is 50.3 Å². The molecule has 4 rings (SSSR count). The van der Waals surface area contributed by atoms with Crippen LogP contribution in [0, 0.1) is 11.3 Å². The summed E-state index contributed by atoms with van der Waals surface area (Å²) in [6.45, 7) is 21.1. The molecule has 0 bridgehead atoms. The van der Waals surface area contributed by atoms with E-state index in [2.05, 4.69) is 54.2 Å². The topological polar surface area (TPSA) is 30.0 Å². The predicted molar refractivity (Wildman–Crippen MR) is 142 cm³/mol. The number of piperidine rings is 1. The largest absolute Gasteiger partial charge is 0.375 e. The molecule has 0 spiro atoms. The van der Waals surface area contributed by atoms with Crippen LogP contribution >= 0.6 is 0 Å². The Morgan fingerprint density at radius 2 is 1.50 bits per heavy atom. The highest BCUT2D eigenvalue weighted by molar-refractivity contribution is 5.94. The van der Waals surface area contributed by atoms with Crippen LogP contribution in [0.3, 0.4) is 0 Å². The van der Waals surface area contributed by atoms with Crippen molar-refractivity contribution in [1.82, 2.24) is 14.7 Å². The quantitative estimate of drug-likeness (QED) is 0.559. The van der Waals surface area contributed by atoms with Crippen molar-refractivity contribution in [2.45, 2.75) is 59.3 Å². The molecule has 3 aliphatic rings. The van der Waals surface area contributed by atoms with Gasteiger partial charge in [0, 0.05) is 69.3 Å². The van der Waals surface area contributed by atoms with Crippen molar-refractivity contribution in [3.63, 3.8) is 0 Å². The fourth-order valence-electron chi connectivity index (χ4n) is 5.77. The van der Waals surface area contributed by atoms with Gasteiger partial charge in [-0.15, -0.1) is 0 Å². The Morgan fingerprint density at radius 3 is 2.09 bits per heavy atom. The fourth-order valence-corrected chi connectivity index (χ4v) is 5.77. The third-order valence-electron chi connectivity index (χ3n) is 7.89. The molecule has 34 heavy (non-hydrogen) atoms. The number of piperazine rings is 1. The number of nitrogens with zero attached hydrogens (tertiary/aromatic N) is 4. The third-order valence-corrected chi connectivity index (χ3v) is 7.89. The molecule has 3 saturated heterocycles. The van der Waals surface area contributed by atoms with Crippen molar-refractivity contribution < 1.29 is 4.79 Å². The van der Waals surface area contributed by atoms with E-state index in [-0.39, 0.29) is 5.91 Å². The maximum Gasteiger partial charge on any atom is 0.253 e. The number of amides is 1. The molecule has 0 saturated carbocycles. The van der Waals surface area contributed by atoms with Crippen LogP contribution in [0.4, 0.5) is 5.69 Å². The maximum absolute atomic E-state index is 12.6. The minimum absolute atomic E-state index is 0.193. The Hall–Kier alpha value is -2.01. The number of hydrogen-bond donors (Lipinski definition) is 0. The Morgan fingerprint density at radius 1 is 0.882 bits per heavy atom. The fraction of sp³-hybridized carbons (Fsp3) is 0.690. The highest BCUT2D eigenvalue weighted by Gasteiger charge is 2.24. The summed E-state index contributed by atoms with van der Waals surface area (Å²) < 4.78 is 0. The molecule has 188 valence electrons. The van der Waals surface area contributed by atoms with Crippen LogP contribution in [-0.4, -0.2) is 79.5 Å². The molecule has 1 aromatic carbocycles. The average molecular weight is 467 g/mol. The van der Waals surface area contributed by atoms with Crippen molar-refractivity contribution in [3.05, 3.63) is 42.1 Å². The minimum Gasteiger partial charge on any atom is -0.375 e. The van der Waals surface area contributed by atoms with E-state index >= 15 is 0 Å². The van der Waals surface area contributed by atoms with Gasteiger partial charge in [-0.3, -0.25) is 9.69 Å². The number of likely N-dealkylation sites (tertiary alicyclic amines) is 2. The Bertz CT molecular complexity index is 806. The zero-order valence-electron chi connectivity index (χ0n) is 21.9. The van der Waals surface area contributed by atoms with Gasteiger partial charge in [-0.05, 0) is 80.7 Å². The highest BCUT2D eigenvalue weighted by atomic mass is 16.2. The number of allylic oxidation sites excluding steroid dienone is 1. The van der Waals surface area contributed by atoms with Crippen molar-refractivity contribution in [1.29, 1.82) is 0 Å². The van der Waals surface area contributed by atoms with Crippen molar-refractivity contribution >= 4 is 11.6 Å². The zero-order chi connectivity index (χ0) is 24.1. The minimum atomic E-state index is 0.193. The molecule has 0 atom stereocenters. The second kappa shape index (κ2) is 11.2. The maximum atomic E-state index is 12.6. The van der Waals surface area contributed by atoms with Gasteiger partial charge < -0.3 is 14.7 Å². The van der Waals surface area contributed by atoms with E-state index in [0.717, 1.165) is 70.0 Å². The Balaban J connectivity index is 1.15. The van der Waals surface area contributed by atoms with Crippen molar-refractivity contribution in [2.75, 3.05) is 63.8 Å². The van der Waals surface area contributed by atoms with Gasteiger partial charge in [0.25, 0.3) is 5.91 Å². The normalized spacial score (nSPS) is 20.7. The molecule has 5 heteroatoms. The van der Waals surface area contributed by atoms with Crippen LogP contribution in [0.5, 0.6) is 0 Å². The van der Waals surface area contributed by atoms with Gasteiger partial charge >= 0.3 is 0 Å². The summed E-state index contributed by atoms with van der Waals surface area (Å²) in [5.74, 6) is 1.05. The lowest BCUT2D eigenvalue weighted by atomic mass is 9.88. The second-order valence-corrected chi connectivity index (χ2v) is 11.9. The van der Waals surface area contributed by atoms with Crippen LogP contribution in [-0.2, 0) is 0 Å². The third kappa shape index (κ3) is 6.78. The summed E-state index contributed by atoms with van der Waals surface area (Å²) in [7, 11) is 0. The summed E-state index contributed by atoms with van der Waals surface area (Å²) in [4.78, 5) is 22.2. The van der Waals surface area contributed by atoms with Crippen LogP contribution < -0.4 is 4.90 Å². The number of carbonyl (C=O) groups is 1. The van der Waals surface area contributed by atoms with Crippen LogP contribution in [0.2, 0.25) is 0 Å². The van der Waals surface area contributed by atoms with Crippen molar-refractivity contribution in [3.8, 4) is 0 Å². The zero-order valence-corrected chi connectivity index (χ0v) is 21.9. The lowest BCUT2D eigenvalue weighted by Crippen LogP contribution is -2.47. The van der Waals surface area contributed by atoms with Gasteiger partial charge in [0.05, 0.1) is 0 Å². The Kier molecular flexibility index (Phi) is 8.23. The number of anilines is 1. The predicted octanol–water partition coefficient (Wildman–Crippen LogP) is 5.10. The van der Waals surface area contributed by atoms with E-state index in [9.17, 15) is 4.79 Å². The molecular weight excluding hydrogens is 420 g/mol. The first-order chi connectivity index (χ1) is 16.3. The average Bonchev–Trinajstić information content (AvgIpc) is 3.37. The standard InChI is InChI=1S/C29H46N4O/c1-24(23-29(2,3)4)31-17-12-25(13-18-31)11-16-30-19-21-32(22-20-30)27-9-7-26(8-10-27)28(34)33-14-5-6-15-33/h7-10,25H,1,5-6,11-23H2,2-4H3. The summed E-state index contributed by atoms with van der Waals surface area (Å²) in [5.41, 5.74) is 3.73. The van der Waals surface area contributed by atoms with E-state index in [0.29, 0.717) is 5.41 Å². The summed E-state index contributed by atoms with van der Waals surface area (Å²) in [6, 6.07) is 8.32. The SMILES string of the molecule is C=C(CC(C)(C)C)N1CCC(CCN2CCN(c3ccc(C(=O)N4CCCC4)cc3)CC2)CC1. The number of benzene rings is 1. The molecule has 0 unspecified atom stereocenters. The number of hydrogen-bond acceptors (Lipinski definition) is 4. The molecular formula is C29H46N4O. The van der Waals surface area contributed by atoms with Gasteiger partial charge in [0.2, 0.25) is 0 Å². The van der Waals surface area contributed by atoms with Crippen molar-refractivity contribution in [2.24, 2.45) is 11.3 Å². The number of rotatable bonds is 7. The Labute approximate surface area is 207 Å². The molecule has 0 aliphatic carbocycles. The van der Waals surface area contributed by atoms with Gasteiger partial charge in [0.15, 0.2) is 0 Å². The number of carbonyl (C=O) groups excluding carboxylic acids is 1. The molecule has 3 fully saturated rings. The van der Waals surface area contributed by atoms with E-state index in [1.54, 1.807) is 0 Å². The first-order valence-corrected chi connectivity index (χ1v) is 13.6. The summed E-state index contributed by atoms with van der Waals surface area (Å²) in [5, 5.41) is 0. The lowest BCUT2D eigenvalue weighted by molar-refractivity contribution is 0.0793. The van der Waals surface area contributed by atoms with E-state index in [1.807, 2.05) is 17.0 Å². The summed E-state index contributed by atoms with van der Waals surface area (Å²) in [6.07, 6.45) is 7.32. The van der Waals surface area contributed by atoms with Gasteiger partial charge in [0.1, 0.15) is 0 Å². The monoisotopic (exact) mass is 466 g/mol. The molecule has 0 N–H and O–H groups in total.